The Morgan fingerprint density at radius 2 is 2.13 bits per heavy atom. The van der Waals surface area contributed by atoms with Gasteiger partial charge in [-0.25, -0.2) is 4.79 Å². The van der Waals surface area contributed by atoms with Crippen LogP contribution in [0.1, 0.15) is 19.4 Å². The fourth-order valence-corrected chi connectivity index (χ4v) is 3.30. The average Bonchev–Trinajstić information content (AvgIpc) is 2.73. The fraction of sp³-hybridized carbons (Fsp3) is 0.312. The predicted octanol–water partition coefficient (Wildman–Crippen LogP) is 3.01. The minimum Gasteiger partial charge on any atom is -0.481 e. The number of hydrogen-bond donors (Lipinski definition) is 1. The van der Waals surface area contributed by atoms with Gasteiger partial charge < -0.3 is 9.84 Å². The van der Waals surface area contributed by atoms with Gasteiger partial charge in [0.1, 0.15) is 10.1 Å². The largest absolute Gasteiger partial charge is 0.481 e. The summed E-state index contributed by atoms with van der Waals surface area (Å²) in [5.41, 5.74) is 0.652. The van der Waals surface area contributed by atoms with Crippen LogP contribution in [0.15, 0.2) is 29.2 Å². The molecule has 0 atom stereocenters. The van der Waals surface area contributed by atoms with E-state index in [2.05, 4.69) is 0 Å². The van der Waals surface area contributed by atoms with Gasteiger partial charge in [0, 0.05) is 12.1 Å². The summed E-state index contributed by atoms with van der Waals surface area (Å²) in [5.74, 6) is -0.433. The predicted molar refractivity (Wildman–Crippen MR) is 94.3 cm³/mol. The topological polar surface area (TPSA) is 66.8 Å². The molecular formula is C16H17NO4S2. The molecule has 0 bridgehead atoms. The highest BCUT2D eigenvalue weighted by molar-refractivity contribution is 8.26. The Hall–Kier alpha value is -1.86. The monoisotopic (exact) mass is 351 g/mol. The molecule has 1 aliphatic rings. The van der Waals surface area contributed by atoms with Crippen LogP contribution in [0, 0.1) is 5.92 Å². The zero-order valence-electron chi connectivity index (χ0n) is 12.8. The Bertz CT molecular complexity index is 670. The summed E-state index contributed by atoms with van der Waals surface area (Å²) in [7, 11) is 0. The number of amides is 1. The molecule has 0 aliphatic carbocycles. The van der Waals surface area contributed by atoms with Crippen LogP contribution in [0.5, 0.6) is 5.75 Å². The first-order chi connectivity index (χ1) is 10.9. The molecule has 1 fully saturated rings. The maximum absolute atomic E-state index is 12.4. The molecule has 1 N–H and O–H groups in total. The third-order valence-electron chi connectivity index (χ3n) is 2.98. The van der Waals surface area contributed by atoms with Crippen molar-refractivity contribution in [2.75, 3.05) is 13.2 Å². The van der Waals surface area contributed by atoms with E-state index in [1.165, 1.54) is 11.8 Å². The van der Waals surface area contributed by atoms with Crippen LogP contribution >= 0.6 is 24.0 Å². The number of nitrogens with zero attached hydrogens (tertiary/aromatic N) is 1. The zero-order chi connectivity index (χ0) is 17.0. The van der Waals surface area contributed by atoms with E-state index < -0.39 is 12.6 Å². The van der Waals surface area contributed by atoms with Gasteiger partial charge in [-0.2, -0.15) is 0 Å². The molecule has 1 amide bonds. The van der Waals surface area contributed by atoms with Crippen molar-refractivity contribution in [3.05, 3.63) is 34.7 Å². The molecule has 2 rings (SSSR count). The van der Waals surface area contributed by atoms with Crippen molar-refractivity contribution in [1.29, 1.82) is 0 Å². The Labute approximate surface area is 144 Å². The zero-order valence-corrected chi connectivity index (χ0v) is 14.4. The van der Waals surface area contributed by atoms with Crippen LogP contribution in [0.4, 0.5) is 0 Å². The first-order valence-corrected chi connectivity index (χ1v) is 8.30. The highest BCUT2D eigenvalue weighted by Gasteiger charge is 2.32. The van der Waals surface area contributed by atoms with Gasteiger partial charge >= 0.3 is 5.97 Å². The Balaban J connectivity index is 2.24. The Morgan fingerprint density at radius 3 is 2.78 bits per heavy atom. The molecule has 0 spiro atoms. The van der Waals surface area contributed by atoms with E-state index in [1.54, 1.807) is 35.2 Å². The van der Waals surface area contributed by atoms with Crippen molar-refractivity contribution >= 4 is 46.3 Å². The third kappa shape index (κ3) is 4.56. The van der Waals surface area contributed by atoms with Crippen molar-refractivity contribution in [3.63, 3.8) is 0 Å². The van der Waals surface area contributed by atoms with E-state index in [0.717, 1.165) is 0 Å². The number of hydrogen-bond acceptors (Lipinski definition) is 5. The quantitative estimate of drug-likeness (QED) is 0.628. The van der Waals surface area contributed by atoms with Crippen LogP contribution < -0.4 is 4.74 Å². The molecule has 1 saturated heterocycles. The van der Waals surface area contributed by atoms with Gasteiger partial charge in [-0.15, -0.1) is 0 Å². The highest BCUT2D eigenvalue weighted by atomic mass is 32.2. The van der Waals surface area contributed by atoms with E-state index in [1.807, 2.05) is 13.8 Å². The smallest absolute Gasteiger partial charge is 0.341 e. The number of para-hydroxylation sites is 1. The number of carboxylic acids is 1. The Kier molecular flexibility index (Phi) is 5.79. The first-order valence-electron chi connectivity index (χ1n) is 7.07. The third-order valence-corrected chi connectivity index (χ3v) is 4.36. The number of aliphatic carboxylic acids is 1. The molecule has 1 aliphatic heterocycles. The second-order valence-corrected chi connectivity index (χ2v) is 7.08. The number of benzene rings is 1. The van der Waals surface area contributed by atoms with Crippen molar-refractivity contribution in [3.8, 4) is 5.75 Å². The summed E-state index contributed by atoms with van der Waals surface area (Å²) in [6.07, 6.45) is 1.69. The molecule has 0 unspecified atom stereocenters. The highest BCUT2D eigenvalue weighted by Crippen LogP contribution is 2.34. The summed E-state index contributed by atoms with van der Waals surface area (Å²) in [5, 5.41) is 8.72. The van der Waals surface area contributed by atoms with Gasteiger partial charge in [0.05, 0.1) is 4.91 Å². The lowest BCUT2D eigenvalue weighted by Crippen LogP contribution is -2.31. The molecule has 1 aromatic rings. The normalized spacial score (nSPS) is 16.5. The van der Waals surface area contributed by atoms with Gasteiger partial charge in [0.15, 0.2) is 6.61 Å². The molecule has 5 nitrogen and oxygen atoms in total. The number of thioether (sulfide) groups is 1. The van der Waals surface area contributed by atoms with Gasteiger partial charge in [-0.05, 0) is 18.1 Å². The summed E-state index contributed by atoms with van der Waals surface area (Å²) < 4.78 is 5.79. The fourth-order valence-electron chi connectivity index (χ4n) is 2.03. The number of thiocarbonyl (C=S) groups is 1. The van der Waals surface area contributed by atoms with Crippen molar-refractivity contribution in [2.45, 2.75) is 13.8 Å². The van der Waals surface area contributed by atoms with Crippen LogP contribution in [-0.2, 0) is 9.59 Å². The second kappa shape index (κ2) is 7.61. The number of carbonyl (C=O) groups excluding carboxylic acids is 1. The summed E-state index contributed by atoms with van der Waals surface area (Å²) in [6, 6.07) is 6.99. The minimum absolute atomic E-state index is 0.123. The lowest BCUT2D eigenvalue weighted by molar-refractivity contribution is -0.139. The van der Waals surface area contributed by atoms with E-state index in [9.17, 15) is 9.59 Å². The van der Waals surface area contributed by atoms with E-state index in [0.29, 0.717) is 33.0 Å². The number of carbonyl (C=O) groups is 2. The molecule has 0 radical (unpaired) electrons. The van der Waals surface area contributed by atoms with Crippen molar-refractivity contribution in [2.24, 2.45) is 5.92 Å². The summed E-state index contributed by atoms with van der Waals surface area (Å²) in [4.78, 5) is 25.2. The molecule has 7 heteroatoms. The van der Waals surface area contributed by atoms with E-state index in [-0.39, 0.29) is 5.91 Å². The number of ether oxygens (including phenoxy) is 1. The van der Waals surface area contributed by atoms with Gasteiger partial charge in [0.2, 0.25) is 0 Å². The Morgan fingerprint density at radius 1 is 1.43 bits per heavy atom. The van der Waals surface area contributed by atoms with Crippen LogP contribution in [0.3, 0.4) is 0 Å². The van der Waals surface area contributed by atoms with E-state index >= 15 is 0 Å². The average molecular weight is 351 g/mol. The molecule has 23 heavy (non-hydrogen) atoms. The van der Waals surface area contributed by atoms with E-state index in [4.69, 9.17) is 22.1 Å². The standard InChI is InChI=1S/C16H17NO4S2/c1-10(2)8-17-15(20)13(23-16(17)22)7-11-5-3-4-6-12(11)21-9-14(18)19/h3-7,10H,8-9H2,1-2H3,(H,18,19)/b13-7-. The van der Waals surface area contributed by atoms with Gasteiger partial charge in [0.25, 0.3) is 5.91 Å². The van der Waals surface area contributed by atoms with Gasteiger partial charge in [-0.3, -0.25) is 9.69 Å². The van der Waals surface area contributed by atoms with Crippen molar-refractivity contribution < 1.29 is 19.4 Å². The van der Waals surface area contributed by atoms with Crippen LogP contribution in [-0.4, -0.2) is 39.4 Å². The maximum atomic E-state index is 12.4. The lowest BCUT2D eigenvalue weighted by atomic mass is 10.1. The first kappa shape index (κ1) is 17.5. The lowest BCUT2D eigenvalue weighted by Gasteiger charge is -2.16. The van der Waals surface area contributed by atoms with Crippen LogP contribution in [0.2, 0.25) is 0 Å². The summed E-state index contributed by atoms with van der Waals surface area (Å²) >= 11 is 6.51. The van der Waals surface area contributed by atoms with Crippen molar-refractivity contribution in [1.82, 2.24) is 4.90 Å². The van der Waals surface area contributed by atoms with Crippen LogP contribution in [0.25, 0.3) is 6.08 Å². The minimum atomic E-state index is -1.05. The number of carboxylic acid groups (broad SMARTS) is 1. The molecule has 1 heterocycles. The molecule has 122 valence electrons. The molecular weight excluding hydrogens is 334 g/mol. The molecule has 1 aromatic carbocycles. The van der Waals surface area contributed by atoms with Gasteiger partial charge in [-0.1, -0.05) is 56.0 Å². The summed E-state index contributed by atoms with van der Waals surface area (Å²) in [6.45, 7) is 4.20. The maximum Gasteiger partial charge on any atom is 0.341 e. The second-order valence-electron chi connectivity index (χ2n) is 5.41. The SMILES string of the molecule is CC(C)CN1C(=O)/C(=C/c2ccccc2OCC(=O)O)SC1=S. The molecule has 0 saturated carbocycles. The number of rotatable bonds is 6. The molecule has 0 aromatic heterocycles.